The monoisotopic (exact) mass is 408 g/mol. The molecular weight excluding hydrogens is 380 g/mol. The molecule has 2 amide bonds. The van der Waals surface area contributed by atoms with Gasteiger partial charge in [-0.2, -0.15) is 0 Å². The minimum Gasteiger partial charge on any atom is -0.377 e. The molecule has 0 bridgehead atoms. The summed E-state index contributed by atoms with van der Waals surface area (Å²) in [6.07, 6.45) is 2.70. The normalized spacial score (nSPS) is 21.5. The molecule has 3 heterocycles. The second-order valence-corrected chi connectivity index (χ2v) is 8.59. The molecule has 2 fully saturated rings. The van der Waals surface area contributed by atoms with Crippen LogP contribution < -0.4 is 16.0 Å². The van der Waals surface area contributed by atoms with Gasteiger partial charge in [-0.3, -0.25) is 4.90 Å². The van der Waals surface area contributed by atoms with Gasteiger partial charge in [0.15, 0.2) is 5.82 Å². The minimum atomic E-state index is -0.573. The Hall–Kier alpha value is -2.71. The van der Waals surface area contributed by atoms with Gasteiger partial charge in [-0.05, 0) is 49.9 Å². The number of hydrogen-bond donors (Lipinski definition) is 2. The number of aromatic nitrogens is 2. The molecule has 3 N–H and O–H groups in total. The van der Waals surface area contributed by atoms with Crippen LogP contribution in [0.5, 0.6) is 0 Å². The third-order valence-electron chi connectivity index (χ3n) is 6.09. The molecule has 30 heavy (non-hydrogen) atoms. The zero-order valence-electron chi connectivity index (χ0n) is 17.3. The number of urea groups is 1. The average molecular weight is 409 g/mol. The van der Waals surface area contributed by atoms with Crippen LogP contribution in [0.2, 0.25) is 0 Å². The van der Waals surface area contributed by atoms with Crippen molar-refractivity contribution in [3.8, 4) is 11.4 Å². The summed E-state index contributed by atoms with van der Waals surface area (Å²) in [6, 6.07) is 7.22. The molecule has 1 aromatic carbocycles. The van der Waals surface area contributed by atoms with E-state index in [0.717, 1.165) is 61.6 Å². The van der Waals surface area contributed by atoms with Gasteiger partial charge in [-0.1, -0.05) is 0 Å². The molecule has 8 nitrogen and oxygen atoms in total. The number of morpholine rings is 1. The lowest BCUT2D eigenvalue weighted by molar-refractivity contribution is 0.0984. The first-order valence-electron chi connectivity index (χ1n) is 10.7. The van der Waals surface area contributed by atoms with Crippen LogP contribution in [0.1, 0.15) is 31.0 Å². The van der Waals surface area contributed by atoms with Gasteiger partial charge in [-0.25, -0.2) is 14.8 Å². The van der Waals surface area contributed by atoms with Gasteiger partial charge in [0.05, 0.1) is 24.9 Å². The number of primary amides is 1. The highest BCUT2D eigenvalue weighted by molar-refractivity contribution is 5.88. The summed E-state index contributed by atoms with van der Waals surface area (Å²) in [4.78, 5) is 25.9. The molecule has 158 valence electrons. The smallest absolute Gasteiger partial charge is 0.316 e. The molecule has 2 aliphatic heterocycles. The number of carbonyl (C=O) groups excluding carboxylic acids is 1. The van der Waals surface area contributed by atoms with Crippen molar-refractivity contribution in [1.82, 2.24) is 14.9 Å². The van der Waals surface area contributed by atoms with Crippen LogP contribution >= 0.6 is 0 Å². The van der Waals surface area contributed by atoms with E-state index in [2.05, 4.69) is 22.0 Å². The first kappa shape index (κ1) is 19.3. The van der Waals surface area contributed by atoms with E-state index in [1.165, 1.54) is 18.4 Å². The van der Waals surface area contributed by atoms with Crippen LogP contribution in [0.4, 0.5) is 16.3 Å². The SMILES string of the molecule is C[C@H]1COCCN1c1nc(-c2ccc(NC(N)=O)cc2)nc2c1CN(CC1CC1)C2. The Morgan fingerprint density at radius 3 is 2.73 bits per heavy atom. The maximum absolute atomic E-state index is 11.1. The number of nitrogens with two attached hydrogens (primary N) is 1. The Morgan fingerprint density at radius 2 is 2.03 bits per heavy atom. The van der Waals surface area contributed by atoms with Gasteiger partial charge >= 0.3 is 6.03 Å². The number of rotatable bonds is 5. The van der Waals surface area contributed by atoms with Crippen molar-refractivity contribution in [1.29, 1.82) is 0 Å². The van der Waals surface area contributed by atoms with E-state index in [1.807, 2.05) is 24.3 Å². The lowest BCUT2D eigenvalue weighted by atomic mass is 10.1. The number of ether oxygens (including phenoxy) is 1. The highest BCUT2D eigenvalue weighted by Gasteiger charge is 2.33. The molecule has 0 unspecified atom stereocenters. The van der Waals surface area contributed by atoms with Gasteiger partial charge in [-0.15, -0.1) is 0 Å². The summed E-state index contributed by atoms with van der Waals surface area (Å²) in [7, 11) is 0. The van der Waals surface area contributed by atoms with E-state index >= 15 is 0 Å². The zero-order chi connectivity index (χ0) is 20.7. The van der Waals surface area contributed by atoms with Crippen LogP contribution in [0, 0.1) is 5.92 Å². The fourth-order valence-electron chi connectivity index (χ4n) is 4.35. The van der Waals surface area contributed by atoms with Crippen molar-refractivity contribution in [3.05, 3.63) is 35.5 Å². The van der Waals surface area contributed by atoms with Gasteiger partial charge in [0.25, 0.3) is 0 Å². The predicted molar refractivity (Wildman–Crippen MR) is 115 cm³/mol. The van der Waals surface area contributed by atoms with E-state index in [4.69, 9.17) is 20.4 Å². The summed E-state index contributed by atoms with van der Waals surface area (Å²) in [5.41, 5.74) is 9.19. The molecule has 3 aliphatic rings. The molecule has 5 rings (SSSR count). The van der Waals surface area contributed by atoms with E-state index in [0.29, 0.717) is 12.3 Å². The Balaban J connectivity index is 1.49. The number of amides is 2. The summed E-state index contributed by atoms with van der Waals surface area (Å²) in [6.45, 7) is 7.42. The van der Waals surface area contributed by atoms with E-state index < -0.39 is 6.03 Å². The third-order valence-corrected chi connectivity index (χ3v) is 6.09. The maximum Gasteiger partial charge on any atom is 0.316 e. The van der Waals surface area contributed by atoms with Crippen molar-refractivity contribution in [2.24, 2.45) is 11.7 Å². The van der Waals surface area contributed by atoms with Crippen molar-refractivity contribution in [2.75, 3.05) is 36.5 Å². The van der Waals surface area contributed by atoms with Crippen LogP contribution in [-0.2, 0) is 17.8 Å². The molecule has 1 saturated heterocycles. The topological polar surface area (TPSA) is 96.6 Å². The van der Waals surface area contributed by atoms with E-state index in [1.54, 1.807) is 0 Å². The fourth-order valence-corrected chi connectivity index (χ4v) is 4.35. The minimum absolute atomic E-state index is 0.283. The standard InChI is InChI=1S/C22H28N6O2/c1-14-13-30-9-8-28(14)21-18-11-27(10-15-2-3-15)12-19(18)25-20(26-21)16-4-6-17(7-5-16)24-22(23)29/h4-7,14-15H,2-3,8-13H2,1H3,(H3,23,24,29)/t14-/m0/s1. The predicted octanol–water partition coefficient (Wildman–Crippen LogP) is 2.58. The Bertz CT molecular complexity index is 943. The Morgan fingerprint density at radius 1 is 1.23 bits per heavy atom. The zero-order valence-corrected chi connectivity index (χ0v) is 17.3. The highest BCUT2D eigenvalue weighted by atomic mass is 16.5. The number of nitrogens with zero attached hydrogens (tertiary/aromatic N) is 4. The summed E-state index contributed by atoms with van der Waals surface area (Å²) < 4.78 is 5.65. The number of anilines is 2. The Labute approximate surface area is 176 Å². The second kappa shape index (κ2) is 7.85. The number of fused-ring (bicyclic) bond motifs is 1. The Kier molecular flexibility index (Phi) is 5.04. The lowest BCUT2D eigenvalue weighted by Gasteiger charge is -2.35. The van der Waals surface area contributed by atoms with Crippen molar-refractivity contribution >= 4 is 17.5 Å². The number of nitrogens with one attached hydrogen (secondary N) is 1. The van der Waals surface area contributed by atoms with E-state index in [-0.39, 0.29) is 6.04 Å². The van der Waals surface area contributed by atoms with Crippen LogP contribution in [0.3, 0.4) is 0 Å². The molecule has 1 aliphatic carbocycles. The third kappa shape index (κ3) is 3.97. The fraction of sp³-hybridized carbons (Fsp3) is 0.500. The molecule has 1 atom stereocenters. The molecule has 1 aromatic heterocycles. The van der Waals surface area contributed by atoms with Crippen molar-refractivity contribution in [2.45, 2.75) is 38.9 Å². The molecule has 1 saturated carbocycles. The second-order valence-electron chi connectivity index (χ2n) is 8.59. The number of benzene rings is 1. The van der Waals surface area contributed by atoms with E-state index in [9.17, 15) is 4.79 Å². The summed E-state index contributed by atoms with van der Waals surface area (Å²) in [5, 5.41) is 2.59. The molecule has 0 radical (unpaired) electrons. The largest absolute Gasteiger partial charge is 0.377 e. The van der Waals surface area contributed by atoms with Gasteiger partial charge in [0.2, 0.25) is 0 Å². The van der Waals surface area contributed by atoms with Gasteiger partial charge in [0, 0.05) is 43.0 Å². The van der Waals surface area contributed by atoms with Crippen LogP contribution in [0.25, 0.3) is 11.4 Å². The average Bonchev–Trinajstić information content (AvgIpc) is 3.44. The first-order chi connectivity index (χ1) is 14.6. The number of carbonyl (C=O) groups is 1. The van der Waals surface area contributed by atoms with Gasteiger partial charge in [0.1, 0.15) is 5.82 Å². The van der Waals surface area contributed by atoms with Crippen LogP contribution in [0.15, 0.2) is 24.3 Å². The highest BCUT2D eigenvalue weighted by Crippen LogP contribution is 2.36. The molecule has 8 heteroatoms. The summed E-state index contributed by atoms with van der Waals surface area (Å²) in [5.74, 6) is 2.62. The first-order valence-corrected chi connectivity index (χ1v) is 10.7. The summed E-state index contributed by atoms with van der Waals surface area (Å²) >= 11 is 0. The molecule has 0 spiro atoms. The van der Waals surface area contributed by atoms with Gasteiger partial charge < -0.3 is 20.7 Å². The van der Waals surface area contributed by atoms with Crippen molar-refractivity contribution in [3.63, 3.8) is 0 Å². The van der Waals surface area contributed by atoms with Crippen molar-refractivity contribution < 1.29 is 9.53 Å². The molecule has 2 aromatic rings. The number of hydrogen-bond acceptors (Lipinski definition) is 6. The van der Waals surface area contributed by atoms with Crippen LogP contribution in [-0.4, -0.2) is 53.2 Å². The maximum atomic E-state index is 11.1. The molecular formula is C22H28N6O2. The lowest BCUT2D eigenvalue weighted by Crippen LogP contribution is -2.44. The quantitative estimate of drug-likeness (QED) is 0.789.